The Morgan fingerprint density at radius 1 is 1.53 bits per heavy atom. The molecule has 1 atom stereocenters. The van der Waals surface area contributed by atoms with Crippen LogP contribution in [-0.2, 0) is 14.3 Å². The highest BCUT2D eigenvalue weighted by Crippen LogP contribution is 2.14. The van der Waals surface area contributed by atoms with Crippen LogP contribution in [0.4, 0.5) is 0 Å². The molecule has 4 nitrogen and oxygen atoms in total. The number of esters is 1. The van der Waals surface area contributed by atoms with Crippen molar-refractivity contribution in [3.63, 3.8) is 0 Å². The van der Waals surface area contributed by atoms with Crippen LogP contribution in [0.3, 0.4) is 0 Å². The molecule has 0 radical (unpaired) electrons. The Balaban J connectivity index is 2.45. The lowest BCUT2D eigenvalue weighted by molar-refractivity contribution is -0.151. The van der Waals surface area contributed by atoms with E-state index in [1.165, 1.54) is 0 Å². The predicted octanol–water partition coefficient (Wildman–Crippen LogP) is 0.993. The standard InChI is InChI=1S/C11H19NO3/c1-3-5-8-15-11(14)10-9(13)6-7-12(10)4-2/h10H,3-8H2,1-2H3. The van der Waals surface area contributed by atoms with Crippen LogP contribution < -0.4 is 0 Å². The van der Waals surface area contributed by atoms with Crippen LogP contribution in [-0.4, -0.2) is 42.4 Å². The minimum absolute atomic E-state index is 0.00153. The van der Waals surface area contributed by atoms with E-state index >= 15 is 0 Å². The molecule has 0 spiro atoms. The number of hydrogen-bond donors (Lipinski definition) is 0. The summed E-state index contributed by atoms with van der Waals surface area (Å²) in [6, 6.07) is -0.633. The molecular formula is C11H19NO3. The van der Waals surface area contributed by atoms with Gasteiger partial charge in [0, 0.05) is 13.0 Å². The fraction of sp³-hybridized carbons (Fsp3) is 0.818. The van der Waals surface area contributed by atoms with Gasteiger partial charge in [-0.25, -0.2) is 4.79 Å². The van der Waals surface area contributed by atoms with Crippen molar-refractivity contribution in [1.29, 1.82) is 0 Å². The topological polar surface area (TPSA) is 46.6 Å². The summed E-state index contributed by atoms with van der Waals surface area (Å²) in [5.41, 5.74) is 0. The number of nitrogens with zero attached hydrogens (tertiary/aromatic N) is 1. The molecule has 1 heterocycles. The van der Waals surface area contributed by atoms with E-state index < -0.39 is 6.04 Å². The summed E-state index contributed by atoms with van der Waals surface area (Å²) in [6.07, 6.45) is 2.32. The summed E-state index contributed by atoms with van der Waals surface area (Å²) in [5.74, 6) is -0.369. The number of likely N-dealkylation sites (tertiary alicyclic amines) is 1. The van der Waals surface area contributed by atoms with E-state index in [-0.39, 0.29) is 11.8 Å². The maximum Gasteiger partial charge on any atom is 0.331 e. The first kappa shape index (κ1) is 12.2. The smallest absolute Gasteiger partial charge is 0.331 e. The second-order valence-corrected chi connectivity index (χ2v) is 3.77. The van der Waals surface area contributed by atoms with E-state index in [0.717, 1.165) is 19.4 Å². The molecule has 0 aromatic heterocycles. The average Bonchev–Trinajstić information content (AvgIpc) is 2.59. The second-order valence-electron chi connectivity index (χ2n) is 3.77. The van der Waals surface area contributed by atoms with Crippen molar-refractivity contribution in [2.24, 2.45) is 0 Å². The quantitative estimate of drug-likeness (QED) is 0.388. The van der Waals surface area contributed by atoms with Gasteiger partial charge in [-0.05, 0) is 13.0 Å². The van der Waals surface area contributed by atoms with Crippen molar-refractivity contribution in [2.75, 3.05) is 19.7 Å². The SMILES string of the molecule is CCCCOC(=O)C1C(=O)CCN1CC. The molecule has 0 saturated carbocycles. The zero-order valence-corrected chi connectivity index (χ0v) is 9.49. The van der Waals surface area contributed by atoms with Gasteiger partial charge >= 0.3 is 5.97 Å². The first-order valence-corrected chi connectivity index (χ1v) is 5.64. The van der Waals surface area contributed by atoms with E-state index in [4.69, 9.17) is 4.74 Å². The summed E-state index contributed by atoms with van der Waals surface area (Å²) < 4.78 is 5.07. The Morgan fingerprint density at radius 2 is 2.27 bits per heavy atom. The number of rotatable bonds is 5. The molecule has 15 heavy (non-hydrogen) atoms. The Hall–Kier alpha value is -0.900. The van der Waals surface area contributed by atoms with Gasteiger partial charge in [0.15, 0.2) is 11.8 Å². The highest BCUT2D eigenvalue weighted by atomic mass is 16.5. The van der Waals surface area contributed by atoms with Gasteiger partial charge in [0.05, 0.1) is 6.61 Å². The lowest BCUT2D eigenvalue weighted by Crippen LogP contribution is -2.41. The number of Topliss-reactive ketones (excluding diaryl/α,β-unsaturated/α-hetero) is 1. The van der Waals surface area contributed by atoms with Gasteiger partial charge in [-0.1, -0.05) is 20.3 Å². The van der Waals surface area contributed by atoms with Crippen molar-refractivity contribution < 1.29 is 14.3 Å². The third-order valence-electron chi connectivity index (χ3n) is 2.69. The van der Waals surface area contributed by atoms with Crippen molar-refractivity contribution >= 4 is 11.8 Å². The lowest BCUT2D eigenvalue weighted by atomic mass is 10.2. The van der Waals surface area contributed by atoms with Crippen molar-refractivity contribution in [3.8, 4) is 0 Å². The average molecular weight is 213 g/mol. The van der Waals surface area contributed by atoms with E-state index in [2.05, 4.69) is 0 Å². The molecule has 0 N–H and O–H groups in total. The Bertz CT molecular complexity index is 240. The zero-order chi connectivity index (χ0) is 11.3. The van der Waals surface area contributed by atoms with E-state index in [0.29, 0.717) is 19.6 Å². The molecule has 1 fully saturated rings. The van der Waals surface area contributed by atoms with Gasteiger partial charge in [-0.2, -0.15) is 0 Å². The number of carbonyl (C=O) groups excluding carboxylic acids is 2. The van der Waals surface area contributed by atoms with Crippen LogP contribution in [0.25, 0.3) is 0 Å². The first-order valence-electron chi connectivity index (χ1n) is 5.64. The molecule has 0 bridgehead atoms. The molecule has 1 rings (SSSR count). The number of unbranched alkanes of at least 4 members (excludes halogenated alkanes) is 1. The summed E-state index contributed by atoms with van der Waals surface area (Å²) in [4.78, 5) is 25.0. The fourth-order valence-electron chi connectivity index (χ4n) is 1.74. The molecule has 1 aliphatic heterocycles. The van der Waals surface area contributed by atoms with Gasteiger partial charge in [-0.15, -0.1) is 0 Å². The van der Waals surface area contributed by atoms with Crippen molar-refractivity contribution in [3.05, 3.63) is 0 Å². The minimum Gasteiger partial charge on any atom is -0.464 e. The number of ketones is 1. The maximum atomic E-state index is 11.6. The third-order valence-corrected chi connectivity index (χ3v) is 2.69. The lowest BCUT2D eigenvalue weighted by Gasteiger charge is -2.19. The molecule has 86 valence electrons. The maximum absolute atomic E-state index is 11.6. The molecule has 0 aliphatic carbocycles. The van der Waals surface area contributed by atoms with Gasteiger partial charge in [0.25, 0.3) is 0 Å². The number of carbonyl (C=O) groups is 2. The molecule has 1 aliphatic rings. The first-order chi connectivity index (χ1) is 7.20. The van der Waals surface area contributed by atoms with E-state index in [1.807, 2.05) is 18.7 Å². The molecular weight excluding hydrogens is 194 g/mol. The molecule has 4 heteroatoms. The predicted molar refractivity (Wildman–Crippen MR) is 56.5 cm³/mol. The fourth-order valence-corrected chi connectivity index (χ4v) is 1.74. The summed E-state index contributed by atoms with van der Waals surface area (Å²) >= 11 is 0. The zero-order valence-electron chi connectivity index (χ0n) is 9.49. The van der Waals surface area contributed by atoms with E-state index in [1.54, 1.807) is 0 Å². The second kappa shape index (κ2) is 5.85. The Labute approximate surface area is 90.6 Å². The summed E-state index contributed by atoms with van der Waals surface area (Å²) in [7, 11) is 0. The number of ether oxygens (including phenoxy) is 1. The van der Waals surface area contributed by atoms with Crippen LogP contribution in [0, 0.1) is 0 Å². The van der Waals surface area contributed by atoms with Crippen LogP contribution in [0.5, 0.6) is 0 Å². The highest BCUT2D eigenvalue weighted by Gasteiger charge is 2.38. The normalized spacial score (nSPS) is 22.0. The third kappa shape index (κ3) is 3.02. The molecule has 1 saturated heterocycles. The Kier molecular flexibility index (Phi) is 4.75. The molecule has 0 amide bonds. The Morgan fingerprint density at radius 3 is 2.87 bits per heavy atom. The van der Waals surface area contributed by atoms with Gasteiger partial charge in [0.2, 0.25) is 0 Å². The summed E-state index contributed by atoms with van der Waals surface area (Å²) in [5, 5.41) is 0. The highest BCUT2D eigenvalue weighted by molar-refractivity contribution is 6.04. The van der Waals surface area contributed by atoms with Gasteiger partial charge in [0.1, 0.15) is 0 Å². The largest absolute Gasteiger partial charge is 0.464 e. The molecule has 0 aromatic rings. The van der Waals surface area contributed by atoms with E-state index in [9.17, 15) is 9.59 Å². The van der Waals surface area contributed by atoms with Gasteiger partial charge < -0.3 is 4.74 Å². The van der Waals surface area contributed by atoms with Crippen LogP contribution >= 0.6 is 0 Å². The molecule has 0 aromatic carbocycles. The summed E-state index contributed by atoms with van der Waals surface area (Å²) in [6.45, 7) is 5.82. The van der Waals surface area contributed by atoms with Gasteiger partial charge in [-0.3, -0.25) is 9.69 Å². The van der Waals surface area contributed by atoms with Crippen LogP contribution in [0.15, 0.2) is 0 Å². The van der Waals surface area contributed by atoms with Crippen molar-refractivity contribution in [2.45, 2.75) is 39.2 Å². The monoisotopic (exact) mass is 213 g/mol. The number of hydrogen-bond acceptors (Lipinski definition) is 4. The van der Waals surface area contributed by atoms with Crippen molar-refractivity contribution in [1.82, 2.24) is 4.90 Å². The molecule has 1 unspecified atom stereocenters. The number of likely N-dealkylation sites (N-methyl/N-ethyl adjacent to an activating group) is 1. The van der Waals surface area contributed by atoms with Crippen LogP contribution in [0.1, 0.15) is 33.1 Å². The van der Waals surface area contributed by atoms with Crippen LogP contribution in [0.2, 0.25) is 0 Å². The minimum atomic E-state index is -0.633.